The van der Waals surface area contributed by atoms with E-state index in [1.165, 1.54) is 12.1 Å². The third-order valence-corrected chi connectivity index (χ3v) is 4.12. The van der Waals surface area contributed by atoms with Crippen LogP contribution < -0.4 is 15.0 Å². The molecule has 3 rings (SSSR count). The number of nitrogens with zero attached hydrogens (tertiary/aromatic N) is 1. The topological polar surface area (TPSA) is 75.1 Å². The molecule has 142 valence electrons. The highest BCUT2D eigenvalue weighted by Crippen LogP contribution is 2.34. The van der Waals surface area contributed by atoms with E-state index in [1.54, 1.807) is 43.3 Å². The second-order valence-electron chi connectivity index (χ2n) is 6.20. The van der Waals surface area contributed by atoms with Crippen LogP contribution in [0, 0.1) is 24.1 Å². The number of H-pyrrole nitrogens is 1. The van der Waals surface area contributed by atoms with Gasteiger partial charge in [0, 0.05) is 11.3 Å². The fourth-order valence-corrected chi connectivity index (χ4v) is 2.88. The van der Waals surface area contributed by atoms with E-state index in [-0.39, 0.29) is 18.0 Å². The number of pyridine rings is 1. The van der Waals surface area contributed by atoms with E-state index in [4.69, 9.17) is 9.47 Å². The lowest BCUT2D eigenvalue weighted by molar-refractivity contribution is 0.269. The minimum absolute atomic E-state index is 0.0430. The molecule has 1 N–H and O–H groups in total. The molecule has 1 aromatic heterocycles. The number of benzene rings is 2. The van der Waals surface area contributed by atoms with Crippen LogP contribution in [0.4, 0.5) is 4.39 Å². The molecule has 5 nitrogen and oxygen atoms in total. The molecule has 0 fully saturated rings. The van der Waals surface area contributed by atoms with Crippen molar-refractivity contribution in [3.63, 3.8) is 0 Å². The van der Waals surface area contributed by atoms with Gasteiger partial charge in [0.2, 0.25) is 0 Å². The van der Waals surface area contributed by atoms with E-state index >= 15 is 0 Å². The van der Waals surface area contributed by atoms with Crippen LogP contribution in [0.15, 0.2) is 53.3 Å². The van der Waals surface area contributed by atoms with Crippen LogP contribution in [0.5, 0.6) is 11.5 Å². The predicted molar refractivity (Wildman–Crippen MR) is 104 cm³/mol. The van der Waals surface area contributed by atoms with Gasteiger partial charge in [-0.15, -0.1) is 0 Å². The van der Waals surface area contributed by atoms with E-state index in [9.17, 15) is 14.4 Å². The number of hydrogen-bond donors (Lipinski definition) is 1. The molecule has 0 saturated heterocycles. The first kappa shape index (κ1) is 19.2. The standard InChI is InChI=1S/C22H19FN2O3/c1-3-27-21-11-16(18-9-14(2)25-22(26)19(18)12-24)7-8-20(21)28-13-15-5-4-6-17(23)10-15/h4-11H,3,13H2,1-2H3,(H,25,26). The van der Waals surface area contributed by atoms with E-state index in [2.05, 4.69) is 4.98 Å². The van der Waals surface area contributed by atoms with Crippen molar-refractivity contribution in [2.45, 2.75) is 20.5 Å². The Hall–Kier alpha value is -3.59. The van der Waals surface area contributed by atoms with Crippen molar-refractivity contribution in [2.24, 2.45) is 0 Å². The Labute approximate surface area is 162 Å². The normalized spacial score (nSPS) is 10.4. The molecule has 0 amide bonds. The third kappa shape index (κ3) is 4.21. The van der Waals surface area contributed by atoms with Crippen LogP contribution >= 0.6 is 0 Å². The van der Waals surface area contributed by atoms with Crippen LogP contribution in [0.25, 0.3) is 11.1 Å². The van der Waals surface area contributed by atoms with Gasteiger partial charge < -0.3 is 14.5 Å². The van der Waals surface area contributed by atoms with Gasteiger partial charge in [-0.25, -0.2) is 4.39 Å². The number of nitrogens with one attached hydrogen (secondary N) is 1. The van der Waals surface area contributed by atoms with Crippen LogP contribution in [0.3, 0.4) is 0 Å². The van der Waals surface area contributed by atoms with E-state index in [1.807, 2.05) is 13.0 Å². The molecule has 0 aliphatic heterocycles. The average Bonchev–Trinajstić information content (AvgIpc) is 2.67. The molecule has 0 aliphatic carbocycles. The monoisotopic (exact) mass is 378 g/mol. The van der Waals surface area contributed by atoms with Gasteiger partial charge in [0.1, 0.15) is 24.1 Å². The number of aromatic nitrogens is 1. The second kappa shape index (κ2) is 8.40. The fourth-order valence-electron chi connectivity index (χ4n) is 2.88. The highest BCUT2D eigenvalue weighted by atomic mass is 19.1. The Kier molecular flexibility index (Phi) is 5.75. The molecule has 28 heavy (non-hydrogen) atoms. The van der Waals surface area contributed by atoms with Gasteiger partial charge >= 0.3 is 0 Å². The van der Waals surface area contributed by atoms with E-state index in [0.717, 1.165) is 0 Å². The lowest BCUT2D eigenvalue weighted by Crippen LogP contribution is -2.12. The third-order valence-electron chi connectivity index (χ3n) is 4.12. The number of halogens is 1. The summed E-state index contributed by atoms with van der Waals surface area (Å²) in [5.41, 5.74) is 2.17. The number of hydrogen-bond acceptors (Lipinski definition) is 4. The molecule has 0 atom stereocenters. The van der Waals surface area contributed by atoms with Crippen molar-refractivity contribution in [1.82, 2.24) is 4.98 Å². The first-order chi connectivity index (χ1) is 13.5. The fraction of sp³-hybridized carbons (Fsp3) is 0.182. The van der Waals surface area contributed by atoms with Crippen molar-refractivity contribution in [2.75, 3.05) is 6.61 Å². The summed E-state index contributed by atoms with van der Waals surface area (Å²) in [4.78, 5) is 14.7. The predicted octanol–water partition coefficient (Wildman–Crippen LogP) is 4.34. The number of nitriles is 1. The lowest BCUT2D eigenvalue weighted by atomic mass is 10.0. The molecule has 1 heterocycles. The number of ether oxygens (including phenoxy) is 2. The van der Waals surface area contributed by atoms with Gasteiger partial charge in [-0.1, -0.05) is 18.2 Å². The number of rotatable bonds is 6. The van der Waals surface area contributed by atoms with Gasteiger partial charge in [0.15, 0.2) is 11.5 Å². The van der Waals surface area contributed by atoms with Crippen molar-refractivity contribution < 1.29 is 13.9 Å². The molecule has 3 aromatic rings. The summed E-state index contributed by atoms with van der Waals surface area (Å²) in [6.07, 6.45) is 0. The minimum atomic E-state index is -0.429. The van der Waals surface area contributed by atoms with Crippen molar-refractivity contribution in [3.05, 3.63) is 81.5 Å². The smallest absolute Gasteiger partial charge is 0.266 e. The van der Waals surface area contributed by atoms with E-state index < -0.39 is 5.56 Å². The van der Waals surface area contributed by atoms with Gasteiger partial charge in [0.25, 0.3) is 5.56 Å². The Morgan fingerprint density at radius 2 is 1.93 bits per heavy atom. The first-order valence-electron chi connectivity index (χ1n) is 8.80. The van der Waals surface area contributed by atoms with Gasteiger partial charge in [-0.05, 0) is 55.3 Å². The minimum Gasteiger partial charge on any atom is -0.490 e. The zero-order valence-electron chi connectivity index (χ0n) is 15.6. The van der Waals surface area contributed by atoms with Gasteiger partial charge in [-0.3, -0.25) is 4.79 Å². The quantitative estimate of drug-likeness (QED) is 0.692. The first-order valence-corrected chi connectivity index (χ1v) is 8.80. The van der Waals surface area contributed by atoms with Crippen molar-refractivity contribution >= 4 is 0 Å². The zero-order valence-corrected chi connectivity index (χ0v) is 15.6. The summed E-state index contributed by atoms with van der Waals surface area (Å²) >= 11 is 0. The highest BCUT2D eigenvalue weighted by molar-refractivity contribution is 5.72. The maximum absolute atomic E-state index is 13.3. The summed E-state index contributed by atoms with van der Waals surface area (Å²) in [5, 5.41) is 9.35. The zero-order chi connectivity index (χ0) is 20.1. The van der Waals surface area contributed by atoms with Crippen LogP contribution in [-0.4, -0.2) is 11.6 Å². The second-order valence-corrected chi connectivity index (χ2v) is 6.20. The summed E-state index contributed by atoms with van der Waals surface area (Å²) < 4.78 is 24.8. The number of aromatic amines is 1. The SMILES string of the molecule is CCOc1cc(-c2cc(C)[nH]c(=O)c2C#N)ccc1OCc1cccc(F)c1. The van der Waals surface area contributed by atoms with Crippen molar-refractivity contribution in [1.29, 1.82) is 5.26 Å². The summed E-state index contributed by atoms with van der Waals surface area (Å²) in [7, 11) is 0. The van der Waals surface area contributed by atoms with Crippen molar-refractivity contribution in [3.8, 4) is 28.7 Å². The van der Waals surface area contributed by atoms with Crippen LogP contribution in [-0.2, 0) is 6.61 Å². The molecule has 0 bridgehead atoms. The Bertz CT molecular complexity index is 1100. The van der Waals surface area contributed by atoms with Crippen LogP contribution in [0.2, 0.25) is 0 Å². The Morgan fingerprint density at radius 1 is 1.11 bits per heavy atom. The molecule has 0 saturated carbocycles. The largest absolute Gasteiger partial charge is 0.490 e. The summed E-state index contributed by atoms with van der Waals surface area (Å²) in [5.74, 6) is 0.656. The highest BCUT2D eigenvalue weighted by Gasteiger charge is 2.14. The Balaban J connectivity index is 1.96. The van der Waals surface area contributed by atoms with Gasteiger partial charge in [0.05, 0.1) is 6.61 Å². The molecular weight excluding hydrogens is 359 g/mol. The summed E-state index contributed by atoms with van der Waals surface area (Å²) in [6.45, 7) is 4.21. The maximum Gasteiger partial charge on any atom is 0.266 e. The Morgan fingerprint density at radius 3 is 2.64 bits per heavy atom. The molecule has 0 radical (unpaired) electrons. The number of aryl methyl sites for hydroxylation is 1. The molecule has 0 aliphatic rings. The van der Waals surface area contributed by atoms with Crippen LogP contribution in [0.1, 0.15) is 23.7 Å². The molecule has 6 heteroatoms. The maximum atomic E-state index is 13.3. The molecular formula is C22H19FN2O3. The lowest BCUT2D eigenvalue weighted by Gasteiger charge is -2.14. The molecule has 0 unspecified atom stereocenters. The summed E-state index contributed by atoms with van der Waals surface area (Å²) in [6, 6.07) is 15.1. The average molecular weight is 378 g/mol. The molecule has 2 aromatic carbocycles. The van der Waals surface area contributed by atoms with Gasteiger partial charge in [-0.2, -0.15) is 5.26 Å². The molecule has 0 spiro atoms. The van der Waals surface area contributed by atoms with E-state index in [0.29, 0.717) is 40.5 Å².